The summed E-state index contributed by atoms with van der Waals surface area (Å²) in [4.78, 5) is 8.36. The highest BCUT2D eigenvalue weighted by Crippen LogP contribution is 2.11. The van der Waals surface area contributed by atoms with Crippen LogP contribution in [0, 0.1) is 6.92 Å². The molecule has 2 N–H and O–H groups in total. The summed E-state index contributed by atoms with van der Waals surface area (Å²) in [6.07, 6.45) is 3.54. The maximum atomic E-state index is 5.71. The molecule has 8 heteroatoms. The van der Waals surface area contributed by atoms with Crippen LogP contribution in [-0.2, 0) is 13.6 Å². The van der Waals surface area contributed by atoms with Gasteiger partial charge in [0.1, 0.15) is 17.9 Å². The Morgan fingerprint density at radius 2 is 1.96 bits per heavy atom. The molecule has 0 radical (unpaired) electrons. The molecule has 0 unspecified atom stereocenters. The minimum absolute atomic E-state index is 0. The molecule has 0 saturated heterocycles. The Bertz CT molecular complexity index is 641. The van der Waals surface area contributed by atoms with Crippen molar-refractivity contribution in [2.24, 2.45) is 12.0 Å². The first kappa shape index (κ1) is 21.2. The molecule has 0 spiro atoms. The number of aliphatic imine (C=N–C) groups is 1. The molecule has 0 amide bonds. The molecule has 0 aliphatic heterocycles. The van der Waals surface area contributed by atoms with Crippen LogP contribution in [0.1, 0.15) is 24.2 Å². The number of aromatic nitrogens is 3. The Kier molecular flexibility index (Phi) is 9.90. The highest BCUT2D eigenvalue weighted by molar-refractivity contribution is 14.0. The van der Waals surface area contributed by atoms with E-state index in [9.17, 15) is 0 Å². The third-order valence-corrected chi connectivity index (χ3v) is 3.60. The third-order valence-electron chi connectivity index (χ3n) is 3.60. The van der Waals surface area contributed by atoms with E-state index in [-0.39, 0.29) is 24.0 Å². The summed E-state index contributed by atoms with van der Waals surface area (Å²) in [6, 6.07) is 8.13. The van der Waals surface area contributed by atoms with Crippen molar-refractivity contribution < 1.29 is 4.74 Å². The van der Waals surface area contributed by atoms with Crippen molar-refractivity contribution in [3.05, 3.63) is 42.0 Å². The van der Waals surface area contributed by atoms with Crippen molar-refractivity contribution >= 4 is 29.9 Å². The lowest BCUT2D eigenvalue weighted by Gasteiger charge is -2.11. The molecule has 0 atom stereocenters. The monoisotopic (exact) mass is 458 g/mol. The van der Waals surface area contributed by atoms with Crippen LogP contribution in [0.5, 0.6) is 5.75 Å². The number of benzene rings is 1. The van der Waals surface area contributed by atoms with E-state index in [0.29, 0.717) is 6.54 Å². The zero-order chi connectivity index (χ0) is 17.2. The number of nitrogens with one attached hydrogen (secondary N) is 2. The van der Waals surface area contributed by atoms with Crippen LogP contribution in [0.2, 0.25) is 0 Å². The fourth-order valence-corrected chi connectivity index (χ4v) is 2.12. The van der Waals surface area contributed by atoms with Gasteiger partial charge in [0, 0.05) is 20.6 Å². The second-order valence-electron chi connectivity index (χ2n) is 5.52. The average molecular weight is 458 g/mol. The maximum Gasteiger partial charge on any atom is 0.191 e. The molecule has 138 valence electrons. The maximum absolute atomic E-state index is 5.71. The number of nitrogens with zero attached hydrogens (tertiary/aromatic N) is 4. The van der Waals surface area contributed by atoms with E-state index in [2.05, 4.69) is 44.8 Å². The van der Waals surface area contributed by atoms with Crippen molar-refractivity contribution in [3.8, 4) is 5.75 Å². The summed E-state index contributed by atoms with van der Waals surface area (Å²) in [5, 5.41) is 10.5. The van der Waals surface area contributed by atoms with Crippen molar-refractivity contribution in [2.75, 3.05) is 20.2 Å². The van der Waals surface area contributed by atoms with E-state index in [1.165, 1.54) is 5.56 Å². The van der Waals surface area contributed by atoms with E-state index in [4.69, 9.17) is 4.74 Å². The second kappa shape index (κ2) is 11.7. The van der Waals surface area contributed by atoms with Gasteiger partial charge in [0.05, 0.1) is 13.2 Å². The van der Waals surface area contributed by atoms with Crippen LogP contribution in [0.4, 0.5) is 0 Å². The number of hydrogen-bond donors (Lipinski definition) is 2. The van der Waals surface area contributed by atoms with Crippen LogP contribution >= 0.6 is 24.0 Å². The van der Waals surface area contributed by atoms with Gasteiger partial charge in [-0.25, -0.2) is 4.98 Å². The Balaban J connectivity index is 0.00000312. The molecule has 0 aliphatic carbocycles. The van der Waals surface area contributed by atoms with Crippen LogP contribution in [0.15, 0.2) is 35.6 Å². The molecule has 25 heavy (non-hydrogen) atoms. The Morgan fingerprint density at radius 1 is 1.20 bits per heavy atom. The molecule has 1 aromatic heterocycles. The van der Waals surface area contributed by atoms with Crippen molar-refractivity contribution in [3.63, 3.8) is 0 Å². The number of aryl methyl sites for hydroxylation is 2. The fourth-order valence-electron chi connectivity index (χ4n) is 2.12. The Labute approximate surface area is 166 Å². The number of hydrogen-bond acceptors (Lipinski definition) is 4. The van der Waals surface area contributed by atoms with Gasteiger partial charge in [0.15, 0.2) is 5.96 Å². The first-order valence-corrected chi connectivity index (χ1v) is 8.16. The van der Waals surface area contributed by atoms with Crippen LogP contribution in [-0.4, -0.2) is 40.9 Å². The van der Waals surface area contributed by atoms with Gasteiger partial charge in [0.25, 0.3) is 0 Å². The molecule has 0 saturated carbocycles. The van der Waals surface area contributed by atoms with E-state index >= 15 is 0 Å². The number of unbranched alkanes of at least 4 members (excludes halogenated alkanes) is 1. The lowest BCUT2D eigenvalue weighted by molar-refractivity contribution is 0.307. The molecule has 1 aromatic carbocycles. The molecule has 0 fully saturated rings. The van der Waals surface area contributed by atoms with Crippen molar-refractivity contribution in [2.45, 2.75) is 26.3 Å². The highest BCUT2D eigenvalue weighted by Gasteiger charge is 2.02. The quantitative estimate of drug-likeness (QED) is 0.275. The van der Waals surface area contributed by atoms with E-state index < -0.39 is 0 Å². The summed E-state index contributed by atoms with van der Waals surface area (Å²) < 4.78 is 7.45. The van der Waals surface area contributed by atoms with Gasteiger partial charge in [0.2, 0.25) is 0 Å². The van der Waals surface area contributed by atoms with Crippen LogP contribution in [0.25, 0.3) is 0 Å². The zero-order valence-electron chi connectivity index (χ0n) is 15.0. The van der Waals surface area contributed by atoms with Crippen molar-refractivity contribution in [1.82, 2.24) is 25.4 Å². The topological polar surface area (TPSA) is 76.4 Å². The number of rotatable bonds is 8. The first-order chi connectivity index (χ1) is 11.7. The predicted octanol–water partition coefficient (Wildman–Crippen LogP) is 2.27. The summed E-state index contributed by atoms with van der Waals surface area (Å²) in [6.45, 7) is 4.22. The molecule has 0 aliphatic rings. The van der Waals surface area contributed by atoms with Crippen molar-refractivity contribution in [1.29, 1.82) is 0 Å². The normalized spacial score (nSPS) is 10.9. The fraction of sp³-hybridized carbons (Fsp3) is 0.471. The number of halogens is 1. The van der Waals surface area contributed by atoms with E-state index in [0.717, 1.165) is 43.5 Å². The molecule has 1 heterocycles. The lowest BCUT2D eigenvalue weighted by atomic mass is 10.2. The molecule has 0 bridgehead atoms. The molecular formula is C17H27IN6O. The molecule has 7 nitrogen and oxygen atoms in total. The Hall–Kier alpha value is -1.84. The molecular weight excluding hydrogens is 431 g/mol. The standard InChI is InChI=1S/C17H26N6O.HI/c1-14-6-8-15(9-7-14)24-11-5-4-10-19-17(18-2)20-12-16-21-13-22-23(16)3;/h6-9,13H,4-5,10-12H2,1-3H3,(H2,18,19,20);1H. The summed E-state index contributed by atoms with van der Waals surface area (Å²) in [5.74, 6) is 2.55. The smallest absolute Gasteiger partial charge is 0.191 e. The first-order valence-electron chi connectivity index (χ1n) is 8.16. The minimum Gasteiger partial charge on any atom is -0.494 e. The van der Waals surface area contributed by atoms with Gasteiger partial charge in [-0.3, -0.25) is 9.67 Å². The van der Waals surface area contributed by atoms with Gasteiger partial charge in [-0.2, -0.15) is 5.10 Å². The number of guanidine groups is 1. The zero-order valence-corrected chi connectivity index (χ0v) is 17.4. The molecule has 2 rings (SSSR count). The summed E-state index contributed by atoms with van der Waals surface area (Å²) in [5.41, 5.74) is 1.24. The minimum atomic E-state index is 0. The highest BCUT2D eigenvalue weighted by atomic mass is 127. The van der Waals surface area contributed by atoms with Crippen LogP contribution < -0.4 is 15.4 Å². The Morgan fingerprint density at radius 3 is 2.60 bits per heavy atom. The number of ether oxygens (including phenoxy) is 1. The molecule has 2 aromatic rings. The summed E-state index contributed by atoms with van der Waals surface area (Å²) in [7, 11) is 3.63. The third kappa shape index (κ3) is 7.72. The van der Waals surface area contributed by atoms with Gasteiger partial charge in [-0.1, -0.05) is 17.7 Å². The van der Waals surface area contributed by atoms with Gasteiger partial charge in [-0.15, -0.1) is 24.0 Å². The van der Waals surface area contributed by atoms with E-state index in [1.807, 2.05) is 19.2 Å². The van der Waals surface area contributed by atoms with Crippen LogP contribution in [0.3, 0.4) is 0 Å². The largest absolute Gasteiger partial charge is 0.494 e. The van der Waals surface area contributed by atoms with E-state index in [1.54, 1.807) is 18.1 Å². The predicted molar refractivity (Wildman–Crippen MR) is 111 cm³/mol. The van der Waals surface area contributed by atoms with Gasteiger partial charge >= 0.3 is 0 Å². The lowest BCUT2D eigenvalue weighted by Crippen LogP contribution is -2.37. The average Bonchev–Trinajstić information content (AvgIpc) is 3.00. The SMILES string of the molecule is CN=C(NCCCCOc1ccc(C)cc1)NCc1ncnn1C.I. The second-order valence-corrected chi connectivity index (χ2v) is 5.52. The summed E-state index contributed by atoms with van der Waals surface area (Å²) >= 11 is 0. The van der Waals surface area contributed by atoms with Gasteiger partial charge in [-0.05, 0) is 31.9 Å². The van der Waals surface area contributed by atoms with Gasteiger partial charge < -0.3 is 15.4 Å².